The van der Waals surface area contributed by atoms with Crippen molar-refractivity contribution < 1.29 is 9.53 Å². The molecule has 6 nitrogen and oxygen atoms in total. The van der Waals surface area contributed by atoms with E-state index in [0.29, 0.717) is 26.2 Å². The molecule has 6 heteroatoms. The number of aryl methyl sites for hydroxylation is 2. The van der Waals surface area contributed by atoms with Crippen molar-refractivity contribution >= 4 is 6.03 Å². The predicted octanol–water partition coefficient (Wildman–Crippen LogP) is 2.30. The van der Waals surface area contributed by atoms with Crippen LogP contribution in [0.2, 0.25) is 0 Å². The van der Waals surface area contributed by atoms with Crippen molar-refractivity contribution in [1.82, 2.24) is 20.4 Å². The zero-order chi connectivity index (χ0) is 17.5. The maximum absolute atomic E-state index is 12.4. The first-order valence-electron chi connectivity index (χ1n) is 8.89. The highest BCUT2D eigenvalue weighted by molar-refractivity contribution is 5.74. The molecule has 0 spiro atoms. The Hall–Kier alpha value is -2.34. The Bertz CT molecular complexity index is 671. The molecule has 1 aliphatic rings. The van der Waals surface area contributed by atoms with Crippen molar-refractivity contribution in [3.8, 4) is 0 Å². The Kier molecular flexibility index (Phi) is 6.06. The summed E-state index contributed by atoms with van der Waals surface area (Å²) in [5.41, 5.74) is 3.55. The van der Waals surface area contributed by atoms with E-state index in [0.717, 1.165) is 25.0 Å². The van der Waals surface area contributed by atoms with Gasteiger partial charge in [0.05, 0.1) is 18.9 Å². The third-order valence-electron chi connectivity index (χ3n) is 4.57. The Balaban J connectivity index is 1.40. The molecule has 0 saturated carbocycles. The second kappa shape index (κ2) is 8.67. The number of H-pyrrole nitrogens is 1. The van der Waals surface area contributed by atoms with E-state index >= 15 is 0 Å². The van der Waals surface area contributed by atoms with Gasteiger partial charge >= 0.3 is 6.03 Å². The van der Waals surface area contributed by atoms with Crippen LogP contribution in [0.5, 0.6) is 0 Å². The first kappa shape index (κ1) is 17.5. The van der Waals surface area contributed by atoms with Crippen LogP contribution in [0.1, 0.15) is 23.2 Å². The van der Waals surface area contributed by atoms with Crippen LogP contribution < -0.4 is 5.32 Å². The molecule has 134 valence electrons. The van der Waals surface area contributed by atoms with Gasteiger partial charge in [0.1, 0.15) is 0 Å². The van der Waals surface area contributed by atoms with Crippen molar-refractivity contribution in [2.45, 2.75) is 32.3 Å². The molecule has 1 unspecified atom stereocenters. The number of amides is 2. The van der Waals surface area contributed by atoms with Crippen LogP contribution in [0.15, 0.2) is 36.5 Å². The maximum Gasteiger partial charge on any atom is 0.317 e. The van der Waals surface area contributed by atoms with Crippen LogP contribution in [-0.4, -0.2) is 53.5 Å². The van der Waals surface area contributed by atoms with Crippen molar-refractivity contribution in [3.63, 3.8) is 0 Å². The van der Waals surface area contributed by atoms with Gasteiger partial charge in [-0.05, 0) is 30.9 Å². The highest BCUT2D eigenvalue weighted by Crippen LogP contribution is 2.12. The third kappa shape index (κ3) is 5.06. The molecule has 0 aliphatic carbocycles. The molecule has 2 heterocycles. The molecular formula is C19H26N4O2. The van der Waals surface area contributed by atoms with E-state index in [4.69, 9.17) is 4.74 Å². The fourth-order valence-electron chi connectivity index (χ4n) is 3.12. The summed E-state index contributed by atoms with van der Waals surface area (Å²) in [7, 11) is 0. The van der Waals surface area contributed by atoms with Gasteiger partial charge in [0.2, 0.25) is 0 Å². The zero-order valence-electron chi connectivity index (χ0n) is 14.7. The van der Waals surface area contributed by atoms with Gasteiger partial charge in [0.25, 0.3) is 0 Å². The predicted molar refractivity (Wildman–Crippen MR) is 96.5 cm³/mol. The zero-order valence-corrected chi connectivity index (χ0v) is 14.7. The number of rotatable bonds is 6. The molecule has 25 heavy (non-hydrogen) atoms. The molecule has 2 N–H and O–H groups in total. The van der Waals surface area contributed by atoms with E-state index in [-0.39, 0.29) is 12.1 Å². The van der Waals surface area contributed by atoms with Crippen LogP contribution in [0.4, 0.5) is 4.79 Å². The van der Waals surface area contributed by atoms with Gasteiger partial charge in [0, 0.05) is 31.7 Å². The summed E-state index contributed by atoms with van der Waals surface area (Å²) >= 11 is 0. The number of benzene rings is 1. The average molecular weight is 342 g/mol. The van der Waals surface area contributed by atoms with Gasteiger partial charge in [-0.2, -0.15) is 5.10 Å². The molecule has 2 amide bonds. The topological polar surface area (TPSA) is 70.2 Å². The molecule has 0 bridgehead atoms. The van der Waals surface area contributed by atoms with Crippen LogP contribution in [-0.2, 0) is 17.6 Å². The van der Waals surface area contributed by atoms with Gasteiger partial charge in [-0.1, -0.05) is 30.3 Å². The fraction of sp³-hybridized carbons (Fsp3) is 0.474. The minimum absolute atomic E-state index is 0.00489. The van der Waals surface area contributed by atoms with E-state index < -0.39 is 0 Å². The number of hydrogen-bond donors (Lipinski definition) is 2. The summed E-state index contributed by atoms with van der Waals surface area (Å²) in [5, 5.41) is 9.97. The Morgan fingerprint density at radius 1 is 1.40 bits per heavy atom. The van der Waals surface area contributed by atoms with Crippen LogP contribution >= 0.6 is 0 Å². The van der Waals surface area contributed by atoms with Crippen molar-refractivity contribution in [2.75, 3.05) is 26.2 Å². The van der Waals surface area contributed by atoms with Crippen LogP contribution in [0, 0.1) is 6.92 Å². The molecule has 0 radical (unpaired) electrons. The summed E-state index contributed by atoms with van der Waals surface area (Å²) in [5.74, 6) is 0. The highest BCUT2D eigenvalue weighted by atomic mass is 16.5. The van der Waals surface area contributed by atoms with Crippen molar-refractivity contribution in [3.05, 3.63) is 53.3 Å². The first-order chi connectivity index (χ1) is 12.2. The molecule has 1 aromatic heterocycles. The molecule has 1 aromatic carbocycles. The number of aromatic nitrogens is 2. The van der Waals surface area contributed by atoms with Crippen molar-refractivity contribution in [2.24, 2.45) is 0 Å². The number of nitrogens with zero attached hydrogens (tertiary/aromatic N) is 2. The van der Waals surface area contributed by atoms with E-state index in [9.17, 15) is 4.79 Å². The highest BCUT2D eigenvalue weighted by Gasteiger charge is 2.24. The lowest BCUT2D eigenvalue weighted by Gasteiger charge is -2.33. The summed E-state index contributed by atoms with van der Waals surface area (Å²) in [4.78, 5) is 14.2. The number of aromatic amines is 1. The van der Waals surface area contributed by atoms with Crippen LogP contribution in [0.25, 0.3) is 0 Å². The average Bonchev–Trinajstić information content (AvgIpc) is 3.04. The van der Waals surface area contributed by atoms with E-state index in [1.165, 1.54) is 11.1 Å². The molecule has 1 saturated heterocycles. The van der Waals surface area contributed by atoms with Gasteiger partial charge < -0.3 is 15.0 Å². The third-order valence-corrected chi connectivity index (χ3v) is 4.57. The second-order valence-corrected chi connectivity index (χ2v) is 6.48. The maximum atomic E-state index is 12.4. The summed E-state index contributed by atoms with van der Waals surface area (Å²) < 4.78 is 5.82. The van der Waals surface area contributed by atoms with E-state index in [1.807, 2.05) is 36.2 Å². The normalized spacial score (nSPS) is 17.5. The largest absolute Gasteiger partial charge is 0.374 e. The molecule has 2 aromatic rings. The number of hydrogen-bond acceptors (Lipinski definition) is 3. The van der Waals surface area contributed by atoms with Gasteiger partial charge in [0.15, 0.2) is 0 Å². The number of morpholine rings is 1. The molecular weight excluding hydrogens is 316 g/mol. The quantitative estimate of drug-likeness (QED) is 0.792. The Labute approximate surface area is 148 Å². The Morgan fingerprint density at radius 2 is 2.24 bits per heavy atom. The lowest BCUT2D eigenvalue weighted by atomic mass is 10.1. The van der Waals surface area contributed by atoms with Gasteiger partial charge in [-0.15, -0.1) is 0 Å². The van der Waals surface area contributed by atoms with E-state index in [1.54, 1.807) is 0 Å². The number of carbonyl (C=O) groups excluding carboxylic acids is 1. The van der Waals surface area contributed by atoms with E-state index in [2.05, 4.69) is 27.6 Å². The minimum atomic E-state index is 0.00489. The molecule has 3 rings (SSSR count). The smallest absolute Gasteiger partial charge is 0.317 e. The summed E-state index contributed by atoms with van der Waals surface area (Å²) in [6.45, 7) is 4.57. The summed E-state index contributed by atoms with van der Waals surface area (Å²) in [6, 6.07) is 10.3. The lowest BCUT2D eigenvalue weighted by Crippen LogP contribution is -2.50. The van der Waals surface area contributed by atoms with Crippen LogP contribution in [0.3, 0.4) is 0 Å². The fourth-order valence-corrected chi connectivity index (χ4v) is 3.12. The van der Waals surface area contributed by atoms with Gasteiger partial charge in [-0.3, -0.25) is 5.10 Å². The standard InChI is InChI=1S/C19H26N4O2/c1-15-17(13-21-22-15)8-5-9-20-19(24)23-10-11-25-18(14-23)12-16-6-3-2-4-7-16/h2-4,6-7,13,18H,5,8-12,14H2,1H3,(H,20,24)(H,21,22). The SMILES string of the molecule is Cc1[nH]ncc1CCCNC(=O)N1CCOC(Cc2ccccc2)C1. The number of carbonyl (C=O) groups is 1. The van der Waals surface area contributed by atoms with Gasteiger partial charge in [-0.25, -0.2) is 4.79 Å². The Morgan fingerprint density at radius 3 is 3.00 bits per heavy atom. The molecule has 1 fully saturated rings. The number of nitrogens with one attached hydrogen (secondary N) is 2. The molecule has 1 atom stereocenters. The monoisotopic (exact) mass is 342 g/mol. The lowest BCUT2D eigenvalue weighted by molar-refractivity contribution is -0.0132. The number of ether oxygens (including phenoxy) is 1. The first-order valence-corrected chi connectivity index (χ1v) is 8.89. The number of urea groups is 1. The molecule has 1 aliphatic heterocycles. The second-order valence-electron chi connectivity index (χ2n) is 6.48. The minimum Gasteiger partial charge on any atom is -0.374 e. The summed E-state index contributed by atoms with van der Waals surface area (Å²) in [6.07, 6.45) is 4.58. The van der Waals surface area contributed by atoms with Crippen molar-refractivity contribution in [1.29, 1.82) is 0 Å².